The highest BCUT2D eigenvalue weighted by Crippen LogP contribution is 2.36. The van der Waals surface area contributed by atoms with Crippen LogP contribution < -0.4 is 10.2 Å². The fourth-order valence-electron chi connectivity index (χ4n) is 2.29. The van der Waals surface area contributed by atoms with Crippen LogP contribution in [0.15, 0.2) is 29.0 Å². The van der Waals surface area contributed by atoms with E-state index in [1.807, 2.05) is 16.8 Å². The van der Waals surface area contributed by atoms with E-state index in [-0.39, 0.29) is 0 Å². The number of amides is 1. The number of nitrogens with one attached hydrogen (secondary N) is 1. The maximum atomic E-state index is 14.1. The van der Waals surface area contributed by atoms with Gasteiger partial charge in [0, 0.05) is 24.8 Å². The first-order valence-corrected chi connectivity index (χ1v) is 7.05. The number of carbonyl (C=O) groups is 1. The lowest BCUT2D eigenvalue weighted by atomic mass is 10.1. The van der Waals surface area contributed by atoms with Gasteiger partial charge in [0.25, 0.3) is 5.91 Å². The van der Waals surface area contributed by atoms with Crippen molar-refractivity contribution in [3.8, 4) is 0 Å². The first-order valence-electron chi connectivity index (χ1n) is 6.11. The Morgan fingerprint density at radius 1 is 1.50 bits per heavy atom. The molecular formula is C14H13FN2O2S. The predicted octanol–water partition coefficient (Wildman–Crippen LogP) is 2.51. The largest absolute Gasteiger partial charge is 0.378 e. The van der Waals surface area contributed by atoms with E-state index < -0.39 is 17.8 Å². The molecule has 104 valence electrons. The summed E-state index contributed by atoms with van der Waals surface area (Å²) in [7, 11) is 1.79. The topological polar surface area (TPSA) is 52.6 Å². The van der Waals surface area contributed by atoms with Crippen molar-refractivity contribution in [2.24, 2.45) is 0 Å². The first kappa shape index (κ1) is 13.1. The zero-order valence-corrected chi connectivity index (χ0v) is 11.6. The summed E-state index contributed by atoms with van der Waals surface area (Å²) in [5, 5.41) is 16.1. The highest BCUT2D eigenvalue weighted by molar-refractivity contribution is 7.07. The van der Waals surface area contributed by atoms with E-state index in [9.17, 15) is 14.3 Å². The van der Waals surface area contributed by atoms with Crippen LogP contribution in [0.1, 0.15) is 17.2 Å². The second-order valence-corrected chi connectivity index (χ2v) is 5.55. The lowest BCUT2D eigenvalue weighted by molar-refractivity contribution is -0.123. The van der Waals surface area contributed by atoms with Crippen LogP contribution >= 0.6 is 11.3 Å². The second kappa shape index (κ2) is 4.88. The number of aliphatic hydroxyl groups excluding tert-OH is 1. The zero-order chi connectivity index (χ0) is 14.3. The van der Waals surface area contributed by atoms with Crippen molar-refractivity contribution >= 4 is 28.6 Å². The summed E-state index contributed by atoms with van der Waals surface area (Å²) >= 11 is 1.59. The maximum absolute atomic E-state index is 14.1. The van der Waals surface area contributed by atoms with E-state index in [2.05, 4.69) is 5.32 Å². The van der Waals surface area contributed by atoms with Gasteiger partial charge >= 0.3 is 0 Å². The van der Waals surface area contributed by atoms with Crippen LogP contribution in [-0.2, 0) is 11.3 Å². The van der Waals surface area contributed by atoms with Crippen molar-refractivity contribution in [3.05, 3.63) is 45.9 Å². The van der Waals surface area contributed by atoms with Crippen molar-refractivity contribution in [2.75, 3.05) is 17.3 Å². The molecule has 6 heteroatoms. The number of aliphatic hydroxyl groups is 1. The molecule has 1 aromatic heterocycles. The molecule has 1 aromatic carbocycles. The number of hydrogen-bond donors (Lipinski definition) is 2. The number of nitrogens with zero attached hydrogens (tertiary/aromatic N) is 1. The van der Waals surface area contributed by atoms with Crippen molar-refractivity contribution in [1.29, 1.82) is 0 Å². The number of carbonyl (C=O) groups excluding carboxylic acids is 1. The number of fused-ring (bicyclic) bond motifs is 1. The van der Waals surface area contributed by atoms with Crippen LogP contribution in [0.4, 0.5) is 15.8 Å². The van der Waals surface area contributed by atoms with Gasteiger partial charge in [-0.1, -0.05) is 0 Å². The molecule has 0 saturated carbocycles. The standard InChI is InChI=1S/C14H13FN2O2S/c1-17(6-8-2-3-20-7-8)12-5-11-9(4-10(12)15)13(18)14(19)16-11/h2-5,7,13,18H,6H2,1H3,(H,16,19). The first-order chi connectivity index (χ1) is 9.56. The number of benzene rings is 1. The lowest BCUT2D eigenvalue weighted by Gasteiger charge is -2.20. The monoisotopic (exact) mass is 292 g/mol. The molecule has 1 amide bonds. The third-order valence-electron chi connectivity index (χ3n) is 3.33. The van der Waals surface area contributed by atoms with Crippen LogP contribution in [0.3, 0.4) is 0 Å². The Morgan fingerprint density at radius 3 is 3.00 bits per heavy atom. The van der Waals surface area contributed by atoms with Crippen LogP contribution in [0.2, 0.25) is 0 Å². The normalized spacial score (nSPS) is 16.9. The van der Waals surface area contributed by atoms with Gasteiger partial charge in [-0.3, -0.25) is 4.79 Å². The number of hydrogen-bond acceptors (Lipinski definition) is 4. The third-order valence-corrected chi connectivity index (χ3v) is 4.06. The Hall–Kier alpha value is -1.92. The van der Waals surface area contributed by atoms with Gasteiger partial charge in [-0.05, 0) is 34.5 Å². The van der Waals surface area contributed by atoms with Gasteiger partial charge in [-0.2, -0.15) is 11.3 Å². The van der Waals surface area contributed by atoms with Crippen molar-refractivity contribution in [1.82, 2.24) is 0 Å². The van der Waals surface area contributed by atoms with E-state index in [0.29, 0.717) is 23.5 Å². The number of halogens is 1. The maximum Gasteiger partial charge on any atom is 0.257 e. The summed E-state index contributed by atoms with van der Waals surface area (Å²) < 4.78 is 14.1. The molecule has 3 rings (SSSR count). The van der Waals surface area contributed by atoms with Crippen LogP contribution in [0.25, 0.3) is 0 Å². The minimum atomic E-state index is -1.28. The summed E-state index contributed by atoms with van der Waals surface area (Å²) in [4.78, 5) is 13.2. The van der Waals surface area contributed by atoms with Gasteiger partial charge in [-0.25, -0.2) is 4.39 Å². The van der Waals surface area contributed by atoms with Gasteiger partial charge in [0.1, 0.15) is 5.82 Å². The molecule has 0 saturated heterocycles. The molecule has 1 atom stereocenters. The molecule has 1 unspecified atom stereocenters. The molecule has 0 bridgehead atoms. The van der Waals surface area contributed by atoms with Crippen LogP contribution in [0, 0.1) is 5.82 Å². The quantitative estimate of drug-likeness (QED) is 0.914. The average Bonchev–Trinajstić information content (AvgIpc) is 3.00. The fraction of sp³-hybridized carbons (Fsp3) is 0.214. The Balaban J connectivity index is 1.91. The van der Waals surface area contributed by atoms with Crippen molar-refractivity contribution in [2.45, 2.75) is 12.6 Å². The van der Waals surface area contributed by atoms with Gasteiger partial charge in [0.15, 0.2) is 6.10 Å². The molecule has 20 heavy (non-hydrogen) atoms. The molecule has 0 fully saturated rings. The van der Waals surface area contributed by atoms with E-state index >= 15 is 0 Å². The van der Waals surface area contributed by atoms with Crippen LogP contribution in [-0.4, -0.2) is 18.1 Å². The average molecular weight is 292 g/mol. The van der Waals surface area contributed by atoms with E-state index in [0.717, 1.165) is 5.56 Å². The molecule has 0 radical (unpaired) electrons. The summed E-state index contributed by atoms with van der Waals surface area (Å²) in [5.74, 6) is -0.964. The number of rotatable bonds is 3. The predicted molar refractivity (Wildman–Crippen MR) is 76.4 cm³/mol. The summed E-state index contributed by atoms with van der Waals surface area (Å²) in [5.41, 5.74) is 2.25. The number of thiophene rings is 1. The summed E-state index contributed by atoms with van der Waals surface area (Å²) in [6.07, 6.45) is -1.28. The zero-order valence-electron chi connectivity index (χ0n) is 10.8. The second-order valence-electron chi connectivity index (χ2n) is 4.77. The Morgan fingerprint density at radius 2 is 2.30 bits per heavy atom. The minimum Gasteiger partial charge on any atom is -0.378 e. The molecule has 0 aliphatic carbocycles. The third kappa shape index (κ3) is 2.17. The molecule has 1 aliphatic rings. The molecule has 0 spiro atoms. The molecule has 1 aliphatic heterocycles. The Labute approximate surface area is 119 Å². The molecular weight excluding hydrogens is 279 g/mol. The highest BCUT2D eigenvalue weighted by atomic mass is 32.1. The van der Waals surface area contributed by atoms with E-state index in [1.54, 1.807) is 29.4 Å². The SMILES string of the molecule is CN(Cc1ccsc1)c1cc2c(cc1F)C(O)C(=O)N2. The van der Waals surface area contributed by atoms with Gasteiger partial charge in [-0.15, -0.1) is 0 Å². The van der Waals surface area contributed by atoms with E-state index in [4.69, 9.17) is 0 Å². The fourth-order valence-corrected chi connectivity index (χ4v) is 2.95. The Kier molecular flexibility index (Phi) is 3.19. The van der Waals surface area contributed by atoms with E-state index in [1.165, 1.54) is 6.07 Å². The highest BCUT2D eigenvalue weighted by Gasteiger charge is 2.30. The lowest BCUT2D eigenvalue weighted by Crippen LogP contribution is -2.17. The molecule has 2 aromatic rings. The molecule has 4 nitrogen and oxygen atoms in total. The van der Waals surface area contributed by atoms with Crippen molar-refractivity contribution in [3.63, 3.8) is 0 Å². The van der Waals surface area contributed by atoms with Crippen LogP contribution in [0.5, 0.6) is 0 Å². The number of anilines is 2. The van der Waals surface area contributed by atoms with Gasteiger partial charge in [0.05, 0.1) is 5.69 Å². The Bertz CT molecular complexity index is 657. The van der Waals surface area contributed by atoms with Gasteiger partial charge < -0.3 is 15.3 Å². The summed E-state index contributed by atoms with van der Waals surface area (Å²) in [6, 6.07) is 4.76. The summed E-state index contributed by atoms with van der Waals surface area (Å²) in [6.45, 7) is 0.579. The molecule has 2 heterocycles. The van der Waals surface area contributed by atoms with Gasteiger partial charge in [0.2, 0.25) is 0 Å². The minimum absolute atomic E-state index is 0.292. The van der Waals surface area contributed by atoms with Crippen molar-refractivity contribution < 1.29 is 14.3 Å². The molecule has 2 N–H and O–H groups in total. The smallest absolute Gasteiger partial charge is 0.257 e.